The van der Waals surface area contributed by atoms with Crippen LogP contribution in [-0.2, 0) is 18.2 Å². The van der Waals surface area contributed by atoms with Gasteiger partial charge in [0.1, 0.15) is 0 Å². The molecule has 33 heavy (non-hydrogen) atoms. The molecular formula is C25H27N3O5. The van der Waals surface area contributed by atoms with Crippen molar-refractivity contribution in [2.45, 2.75) is 31.9 Å². The predicted molar refractivity (Wildman–Crippen MR) is 121 cm³/mol. The van der Waals surface area contributed by atoms with Gasteiger partial charge in [-0.3, -0.25) is 9.48 Å². The number of ether oxygens (including phenoxy) is 3. The van der Waals surface area contributed by atoms with Gasteiger partial charge in [-0.1, -0.05) is 24.3 Å². The molecule has 2 aliphatic rings. The van der Waals surface area contributed by atoms with Gasteiger partial charge >= 0.3 is 0 Å². The first-order valence-electron chi connectivity index (χ1n) is 11.1. The van der Waals surface area contributed by atoms with Gasteiger partial charge in [-0.25, -0.2) is 0 Å². The Morgan fingerprint density at radius 3 is 2.73 bits per heavy atom. The first-order chi connectivity index (χ1) is 16.0. The number of hydrogen-bond donors (Lipinski definition) is 2. The third kappa shape index (κ3) is 4.31. The summed E-state index contributed by atoms with van der Waals surface area (Å²) in [4.78, 5) is 13.1. The molecule has 0 bridgehead atoms. The molecule has 1 saturated heterocycles. The van der Waals surface area contributed by atoms with E-state index in [1.165, 1.54) is 0 Å². The van der Waals surface area contributed by atoms with Crippen LogP contribution < -0.4 is 14.8 Å². The van der Waals surface area contributed by atoms with E-state index in [-0.39, 0.29) is 25.3 Å². The van der Waals surface area contributed by atoms with Crippen LogP contribution in [0, 0.1) is 6.92 Å². The number of benzene rings is 2. The zero-order chi connectivity index (χ0) is 22.9. The number of carbonyl (C=O) groups is 1. The van der Waals surface area contributed by atoms with Gasteiger partial charge in [0.25, 0.3) is 5.91 Å². The molecule has 0 spiro atoms. The highest BCUT2D eigenvalue weighted by atomic mass is 16.7. The van der Waals surface area contributed by atoms with Crippen LogP contribution in [0.4, 0.5) is 0 Å². The average molecular weight is 450 g/mol. The molecule has 3 heterocycles. The molecule has 1 fully saturated rings. The van der Waals surface area contributed by atoms with E-state index in [1.807, 2.05) is 32.3 Å². The number of hydrogen-bond acceptors (Lipinski definition) is 6. The Morgan fingerprint density at radius 2 is 2.00 bits per heavy atom. The van der Waals surface area contributed by atoms with E-state index in [2.05, 4.69) is 34.7 Å². The zero-order valence-corrected chi connectivity index (χ0v) is 18.7. The zero-order valence-electron chi connectivity index (χ0n) is 18.7. The van der Waals surface area contributed by atoms with Crippen LogP contribution in [0.3, 0.4) is 0 Å². The molecule has 172 valence electrons. The van der Waals surface area contributed by atoms with Crippen molar-refractivity contribution >= 4 is 5.91 Å². The number of aromatic nitrogens is 2. The minimum atomic E-state index is -0.726. The number of aliphatic hydroxyl groups excluding tert-OH is 1. The molecule has 3 aromatic rings. The number of aryl methyl sites for hydroxylation is 1. The summed E-state index contributed by atoms with van der Waals surface area (Å²) in [5.41, 5.74) is 5.46. The predicted octanol–water partition coefficient (Wildman–Crippen LogP) is 2.59. The van der Waals surface area contributed by atoms with E-state index < -0.39 is 6.10 Å². The lowest BCUT2D eigenvalue weighted by Gasteiger charge is -2.28. The fraction of sp³-hybridized carbons (Fsp3) is 0.360. The number of nitrogens with zero attached hydrogens (tertiary/aromatic N) is 2. The highest BCUT2D eigenvalue weighted by molar-refractivity contribution is 5.98. The Labute approximate surface area is 192 Å². The van der Waals surface area contributed by atoms with Crippen LogP contribution in [0.25, 0.3) is 11.3 Å². The molecule has 2 atom stereocenters. The molecule has 0 unspecified atom stereocenters. The van der Waals surface area contributed by atoms with E-state index in [1.54, 1.807) is 4.68 Å². The molecule has 1 amide bonds. The monoisotopic (exact) mass is 449 g/mol. The average Bonchev–Trinajstić information content (AvgIpc) is 3.47. The molecule has 0 aliphatic carbocycles. The Morgan fingerprint density at radius 1 is 1.21 bits per heavy atom. The molecule has 2 aliphatic heterocycles. The summed E-state index contributed by atoms with van der Waals surface area (Å²) in [7, 11) is 1.90. The third-order valence-electron chi connectivity index (χ3n) is 6.24. The van der Waals surface area contributed by atoms with Crippen LogP contribution in [0.2, 0.25) is 0 Å². The van der Waals surface area contributed by atoms with E-state index in [9.17, 15) is 9.90 Å². The summed E-state index contributed by atoms with van der Waals surface area (Å²) >= 11 is 0. The molecule has 1 aromatic heterocycles. The van der Waals surface area contributed by atoms with Gasteiger partial charge in [-0.15, -0.1) is 0 Å². The van der Waals surface area contributed by atoms with Crippen LogP contribution in [0.5, 0.6) is 11.5 Å². The first-order valence-corrected chi connectivity index (χ1v) is 11.1. The molecule has 0 saturated carbocycles. The molecule has 8 heteroatoms. The molecular weight excluding hydrogens is 422 g/mol. The maximum atomic E-state index is 13.1. The third-order valence-corrected chi connectivity index (χ3v) is 6.24. The quantitative estimate of drug-likeness (QED) is 0.622. The van der Waals surface area contributed by atoms with Crippen molar-refractivity contribution in [2.75, 3.05) is 20.0 Å². The van der Waals surface area contributed by atoms with Gasteiger partial charge in [0.05, 0.1) is 30.0 Å². The van der Waals surface area contributed by atoms with E-state index in [0.717, 1.165) is 27.9 Å². The normalized spacial score (nSPS) is 19.5. The maximum Gasteiger partial charge on any atom is 0.255 e. The summed E-state index contributed by atoms with van der Waals surface area (Å²) in [5, 5.41) is 17.5. The summed E-state index contributed by atoms with van der Waals surface area (Å²) in [6.07, 6.45) is 2.40. The molecule has 5 rings (SSSR count). The summed E-state index contributed by atoms with van der Waals surface area (Å²) < 4.78 is 18.4. The van der Waals surface area contributed by atoms with E-state index >= 15 is 0 Å². The Kier molecular flexibility index (Phi) is 5.78. The molecule has 2 aromatic carbocycles. The lowest BCUT2D eigenvalue weighted by molar-refractivity contribution is -0.0261. The van der Waals surface area contributed by atoms with Crippen LogP contribution in [0.15, 0.2) is 42.6 Å². The second-order valence-electron chi connectivity index (χ2n) is 8.53. The van der Waals surface area contributed by atoms with Crippen molar-refractivity contribution in [1.29, 1.82) is 0 Å². The highest BCUT2D eigenvalue weighted by Crippen LogP contribution is 2.41. The topological polar surface area (TPSA) is 94.8 Å². The summed E-state index contributed by atoms with van der Waals surface area (Å²) in [5.74, 6) is 0.783. The van der Waals surface area contributed by atoms with Crippen molar-refractivity contribution in [2.24, 2.45) is 7.05 Å². The van der Waals surface area contributed by atoms with Gasteiger partial charge in [0, 0.05) is 25.4 Å². The number of aliphatic hydroxyl groups is 1. The van der Waals surface area contributed by atoms with Crippen molar-refractivity contribution in [1.82, 2.24) is 15.1 Å². The van der Waals surface area contributed by atoms with Crippen molar-refractivity contribution in [3.63, 3.8) is 0 Å². The van der Waals surface area contributed by atoms with Crippen LogP contribution in [0.1, 0.15) is 33.5 Å². The number of carbonyl (C=O) groups excluding carboxylic acids is 1. The highest BCUT2D eigenvalue weighted by Gasteiger charge is 2.30. The maximum absolute atomic E-state index is 13.1. The molecule has 2 N–H and O–H groups in total. The second kappa shape index (κ2) is 8.88. The Balaban J connectivity index is 1.40. The van der Waals surface area contributed by atoms with Gasteiger partial charge < -0.3 is 24.6 Å². The fourth-order valence-electron chi connectivity index (χ4n) is 4.32. The number of fused-ring (bicyclic) bond motifs is 1. The number of amides is 1. The minimum Gasteiger partial charge on any atom is -0.453 e. The van der Waals surface area contributed by atoms with Crippen molar-refractivity contribution in [3.8, 4) is 22.8 Å². The Bertz CT molecular complexity index is 1170. The summed E-state index contributed by atoms with van der Waals surface area (Å²) in [6.45, 7) is 2.79. The standard InChI is InChI=1S/C25H27N3O5/c1-15-18(11-16-3-5-17(6-4-16)20-7-9-28(2)27-20)12-19(24-23(15)32-14-33-24)25(30)26-21-8-10-31-13-22(21)29/h3-7,9,12,21-22,29H,8,10-11,13-14H2,1-2H3,(H,26,30)/t21-,22-/m0/s1. The van der Waals surface area contributed by atoms with Gasteiger partial charge in [-0.05, 0) is 48.6 Å². The summed E-state index contributed by atoms with van der Waals surface area (Å²) in [6, 6.07) is 11.8. The van der Waals surface area contributed by atoms with E-state index in [0.29, 0.717) is 36.5 Å². The fourth-order valence-corrected chi connectivity index (χ4v) is 4.32. The van der Waals surface area contributed by atoms with E-state index in [4.69, 9.17) is 14.2 Å². The lowest BCUT2D eigenvalue weighted by atomic mass is 9.95. The van der Waals surface area contributed by atoms with Gasteiger partial charge in [0.2, 0.25) is 6.79 Å². The van der Waals surface area contributed by atoms with Crippen molar-refractivity contribution in [3.05, 3.63) is 64.8 Å². The van der Waals surface area contributed by atoms with Crippen molar-refractivity contribution < 1.29 is 24.1 Å². The SMILES string of the molecule is Cc1c(Cc2ccc(-c3ccn(C)n3)cc2)cc(C(=O)N[C@H]2CCOC[C@@H]2O)c2c1OCO2. The number of nitrogens with one attached hydrogen (secondary N) is 1. The molecule has 0 radical (unpaired) electrons. The smallest absolute Gasteiger partial charge is 0.255 e. The second-order valence-corrected chi connectivity index (χ2v) is 8.53. The number of rotatable bonds is 5. The van der Waals surface area contributed by atoms with Gasteiger partial charge in [-0.2, -0.15) is 5.10 Å². The Hall–Kier alpha value is -3.36. The molecule has 8 nitrogen and oxygen atoms in total. The lowest BCUT2D eigenvalue weighted by Crippen LogP contribution is -2.48. The minimum absolute atomic E-state index is 0.0819. The van der Waals surface area contributed by atoms with Crippen LogP contribution in [-0.4, -0.2) is 52.9 Å². The largest absolute Gasteiger partial charge is 0.453 e. The first kappa shape index (κ1) is 21.5. The van der Waals surface area contributed by atoms with Gasteiger partial charge in [0.15, 0.2) is 11.5 Å². The van der Waals surface area contributed by atoms with Crippen LogP contribution >= 0.6 is 0 Å².